The molecule has 4 aromatic heterocycles. The van der Waals surface area contributed by atoms with Gasteiger partial charge in [0.1, 0.15) is 16.1 Å². The molecule has 0 radical (unpaired) electrons. The fraction of sp³-hybridized carbons (Fsp3) is 0.133. The van der Waals surface area contributed by atoms with Gasteiger partial charge in [-0.3, -0.25) is 19.9 Å². The van der Waals surface area contributed by atoms with Crippen LogP contribution in [0.2, 0.25) is 25.2 Å². The lowest BCUT2D eigenvalue weighted by Gasteiger charge is -2.37. The molecule has 0 saturated heterocycles. The van der Waals surface area contributed by atoms with E-state index < -0.39 is 16.1 Å². The van der Waals surface area contributed by atoms with E-state index in [2.05, 4.69) is 235 Å². The van der Waals surface area contributed by atoms with Gasteiger partial charge in [-0.2, -0.15) is 0 Å². The number of benzene rings is 4. The van der Waals surface area contributed by atoms with Crippen LogP contribution in [-0.4, -0.2) is 36.1 Å². The third kappa shape index (κ3) is 7.70. The van der Waals surface area contributed by atoms with Crippen molar-refractivity contribution >= 4 is 59.2 Å². The highest BCUT2D eigenvalue weighted by atomic mass is 28.3. The van der Waals surface area contributed by atoms with Crippen LogP contribution >= 0.6 is 0 Å². The van der Waals surface area contributed by atoms with Crippen molar-refractivity contribution in [2.45, 2.75) is 52.9 Å². The maximum Gasteiger partial charge on any atom is 0.118 e. The van der Waals surface area contributed by atoms with Crippen molar-refractivity contribution in [2.75, 3.05) is 0 Å². The van der Waals surface area contributed by atoms with Crippen LogP contribution in [-0.2, 0) is 0 Å². The largest absolute Gasteiger partial charge is 0.261 e. The minimum absolute atomic E-state index is 0.991. The van der Waals surface area contributed by atoms with Crippen LogP contribution in [0.25, 0.3) is 43.1 Å². The minimum Gasteiger partial charge on any atom is -0.261 e. The third-order valence-electron chi connectivity index (χ3n) is 13.9. The average Bonchev–Trinajstić information content (AvgIpc) is 3.79. The molecule has 322 valence electrons. The Morgan fingerprint density at radius 1 is 0.273 bits per heavy atom. The molecule has 6 heteroatoms. The summed E-state index contributed by atoms with van der Waals surface area (Å²) >= 11 is 0. The lowest BCUT2D eigenvalue weighted by Crippen LogP contribution is -2.39. The Morgan fingerprint density at radius 2 is 0.485 bits per heavy atom. The summed E-state index contributed by atoms with van der Waals surface area (Å²) in [6.07, 6.45) is 8.56. The van der Waals surface area contributed by atoms with Gasteiger partial charge in [0, 0.05) is 47.6 Å². The average molecular weight is 887 g/mol. The van der Waals surface area contributed by atoms with Crippen molar-refractivity contribution in [3.8, 4) is 0 Å². The molecule has 10 rings (SSSR count). The quantitative estimate of drug-likeness (QED) is 0.121. The molecule has 2 aliphatic rings. The zero-order valence-corrected chi connectivity index (χ0v) is 40.7. The first-order valence-electron chi connectivity index (χ1n) is 23.1. The molecule has 0 aliphatic carbocycles. The van der Waals surface area contributed by atoms with E-state index in [9.17, 15) is 0 Å². The summed E-state index contributed by atoms with van der Waals surface area (Å²) in [5.41, 5.74) is 19.0. The van der Waals surface area contributed by atoms with Crippen molar-refractivity contribution in [2.24, 2.45) is 0 Å². The summed E-state index contributed by atoms with van der Waals surface area (Å²) in [7, 11) is -5.62. The van der Waals surface area contributed by atoms with E-state index in [0.29, 0.717) is 0 Å². The molecular weight excluding hydrogens is 833 g/mol. The first-order valence-corrected chi connectivity index (χ1v) is 28.5. The van der Waals surface area contributed by atoms with Crippen molar-refractivity contribution in [3.63, 3.8) is 0 Å². The smallest absolute Gasteiger partial charge is 0.118 e. The van der Waals surface area contributed by atoms with Gasteiger partial charge in [0.25, 0.3) is 0 Å². The molecule has 0 N–H and O–H groups in total. The number of aryl methyl sites for hydroxylation is 4. The van der Waals surface area contributed by atoms with Crippen LogP contribution in [0.15, 0.2) is 195 Å². The number of pyridine rings is 4. The zero-order valence-electron chi connectivity index (χ0n) is 38.7. The lowest BCUT2D eigenvalue weighted by atomic mass is 9.89. The fourth-order valence-corrected chi connectivity index (χ4v) is 22.7. The van der Waals surface area contributed by atoms with Crippen LogP contribution < -0.4 is 0 Å². The topological polar surface area (TPSA) is 51.6 Å². The molecular formula is C60H54N4Si2. The molecule has 0 fully saturated rings. The summed E-state index contributed by atoms with van der Waals surface area (Å²) in [4.78, 5) is 20.1. The van der Waals surface area contributed by atoms with Crippen LogP contribution in [0.5, 0.6) is 0 Å². The molecule has 0 spiro atoms. The Balaban J connectivity index is 1.30. The molecule has 0 atom stereocenters. The van der Waals surface area contributed by atoms with E-state index in [1.165, 1.54) is 87.6 Å². The highest BCUT2D eigenvalue weighted by molar-refractivity contribution is 7.17. The molecule has 0 unspecified atom stereocenters. The molecule has 0 saturated carbocycles. The van der Waals surface area contributed by atoms with Gasteiger partial charge >= 0.3 is 0 Å². The second-order valence-corrected chi connectivity index (χ2v) is 26.7. The number of allylic oxidation sites excluding steroid dienone is 4. The van der Waals surface area contributed by atoms with Crippen molar-refractivity contribution in [1.29, 1.82) is 0 Å². The van der Waals surface area contributed by atoms with Gasteiger partial charge in [-0.25, -0.2) is 0 Å². The summed E-state index contributed by atoms with van der Waals surface area (Å²) < 4.78 is 0. The van der Waals surface area contributed by atoms with Crippen LogP contribution in [0.1, 0.15) is 67.3 Å². The highest BCUT2D eigenvalue weighted by Crippen LogP contribution is 2.61. The summed E-state index contributed by atoms with van der Waals surface area (Å²) in [5.74, 6) is 0. The van der Waals surface area contributed by atoms with Crippen molar-refractivity contribution in [1.82, 2.24) is 19.9 Å². The van der Waals surface area contributed by atoms with Crippen LogP contribution in [0.4, 0.5) is 0 Å². The van der Waals surface area contributed by atoms with Crippen LogP contribution in [0, 0.1) is 27.7 Å². The Bertz CT molecular complexity index is 2740. The molecule has 2 aliphatic heterocycles. The summed E-state index contributed by atoms with van der Waals surface area (Å²) in [6, 6.07) is 64.4. The van der Waals surface area contributed by atoms with Gasteiger partial charge in [0.05, 0.1) is 0 Å². The third-order valence-corrected chi connectivity index (χ3v) is 23.5. The molecule has 8 aromatic rings. The van der Waals surface area contributed by atoms with Crippen molar-refractivity contribution < 1.29 is 0 Å². The van der Waals surface area contributed by atoms with Gasteiger partial charge in [0.2, 0.25) is 0 Å². The first kappa shape index (κ1) is 42.8. The highest BCUT2D eigenvalue weighted by Gasteiger charge is 2.52. The van der Waals surface area contributed by atoms with Crippen LogP contribution in [0.3, 0.4) is 0 Å². The van der Waals surface area contributed by atoms with E-state index in [1.807, 2.05) is 0 Å². The molecule has 4 aromatic carbocycles. The molecule has 0 amide bonds. The van der Waals surface area contributed by atoms with Gasteiger partial charge in [-0.15, -0.1) is 0 Å². The maximum atomic E-state index is 5.02. The van der Waals surface area contributed by atoms with E-state index >= 15 is 0 Å². The number of nitrogens with zero attached hydrogens (tertiary/aromatic N) is 4. The normalized spacial score (nSPS) is 15.5. The number of rotatable bonds is 11. The predicted octanol–water partition coefficient (Wildman–Crippen LogP) is 14.6. The van der Waals surface area contributed by atoms with E-state index in [1.54, 1.807) is 0 Å². The molecule has 4 nitrogen and oxygen atoms in total. The van der Waals surface area contributed by atoms with E-state index in [0.717, 1.165) is 34.9 Å². The number of hydrogen-bond donors (Lipinski definition) is 0. The number of aromatic nitrogens is 4. The van der Waals surface area contributed by atoms with Gasteiger partial charge in [-0.05, 0) is 140 Å². The molecule has 6 heterocycles. The summed E-state index contributed by atoms with van der Waals surface area (Å²) in [5, 5.41) is 5.73. The molecule has 66 heavy (non-hydrogen) atoms. The predicted molar refractivity (Wildman–Crippen MR) is 282 cm³/mol. The molecule has 0 bridgehead atoms. The first-order chi connectivity index (χ1) is 32.1. The Hall–Kier alpha value is -7.13. The fourth-order valence-electron chi connectivity index (χ4n) is 10.7. The Morgan fingerprint density at radius 3 is 0.667 bits per heavy atom. The zero-order chi connectivity index (χ0) is 45.4. The number of hydrogen-bond acceptors (Lipinski definition) is 4. The minimum atomic E-state index is -2.81. The SMILES string of the molecule is Cc1ccc(C2=C(c3ccccc3)C(c3ccccc3)=C(c3ccc(C)nc3)[Si]2(C)CC[Si]2(C)C(c3ccc(C)nc3)=C(c3ccccc3)C(c3ccccc3)=C2c2ccc(C)nc2)cn1. The lowest BCUT2D eigenvalue weighted by molar-refractivity contribution is 1.19. The summed E-state index contributed by atoms with van der Waals surface area (Å²) in [6.45, 7) is 13.6. The van der Waals surface area contributed by atoms with Gasteiger partial charge in [0.15, 0.2) is 0 Å². The maximum absolute atomic E-state index is 5.02. The Kier molecular flexibility index (Phi) is 11.5. The standard InChI is InChI=1S/C60H54N4Si2/c1-41-27-31-49(37-61-41)57-53(45-19-11-7-12-20-45)54(46-21-13-8-14-22-46)58(50-32-28-42(2)62-38-50)65(57,5)35-36-66(6)59(51-33-29-43(3)63-39-51)55(47-23-15-9-16-24-47)56(48-25-17-10-18-26-48)60(66)52-34-30-44(4)64-40-52/h7-34,37-40H,35-36H2,1-6H3. The van der Waals surface area contributed by atoms with E-state index in [-0.39, 0.29) is 0 Å². The van der Waals surface area contributed by atoms with E-state index in [4.69, 9.17) is 19.9 Å². The van der Waals surface area contributed by atoms with Gasteiger partial charge in [-0.1, -0.05) is 171 Å². The second-order valence-electron chi connectivity index (χ2n) is 18.4. The Labute approximate surface area is 392 Å². The van der Waals surface area contributed by atoms with Gasteiger partial charge < -0.3 is 0 Å². The second kappa shape index (κ2) is 17.7. The monoisotopic (exact) mass is 886 g/mol. The van der Waals surface area contributed by atoms with Crippen molar-refractivity contribution in [3.05, 3.63) is 262 Å².